The van der Waals surface area contributed by atoms with Gasteiger partial charge in [0.25, 0.3) is 0 Å². The molecule has 1 aliphatic rings. The number of carbonyl (C=O) groups excluding carboxylic acids is 3. The van der Waals surface area contributed by atoms with E-state index in [1.54, 1.807) is 36.4 Å². The fourth-order valence-electron chi connectivity index (χ4n) is 4.91. The minimum atomic E-state index is -1.21. The van der Waals surface area contributed by atoms with Crippen LogP contribution in [-0.2, 0) is 38.4 Å². The van der Waals surface area contributed by atoms with E-state index >= 15 is 0 Å². The molecule has 0 saturated carbocycles. The number of hydrogen-bond donors (Lipinski definition) is 6. The Bertz CT molecular complexity index is 1340. The topological polar surface area (TPSA) is 157 Å². The van der Waals surface area contributed by atoms with E-state index in [0.29, 0.717) is 18.5 Å². The van der Waals surface area contributed by atoms with Crippen molar-refractivity contribution in [2.24, 2.45) is 0 Å². The molecule has 3 aromatic carbocycles. The number of hydrogen-bond acceptors (Lipinski definition) is 6. The molecule has 0 radical (unpaired) electrons. The molecule has 0 aromatic heterocycles. The molecule has 4 unspecified atom stereocenters. The van der Waals surface area contributed by atoms with Gasteiger partial charge in [-0.15, -0.1) is 0 Å². The highest BCUT2D eigenvalue weighted by Gasteiger charge is 2.32. The van der Waals surface area contributed by atoms with Gasteiger partial charge in [-0.05, 0) is 48.2 Å². The van der Waals surface area contributed by atoms with Gasteiger partial charge in [-0.25, -0.2) is 4.79 Å². The molecule has 1 heterocycles. The van der Waals surface area contributed by atoms with Crippen LogP contribution in [-0.4, -0.2) is 64.6 Å². The van der Waals surface area contributed by atoms with Crippen LogP contribution in [0.25, 0.3) is 0 Å². The van der Waals surface area contributed by atoms with Crippen LogP contribution < -0.4 is 21.3 Å². The molecule has 220 valence electrons. The maximum absolute atomic E-state index is 13.7. The highest BCUT2D eigenvalue weighted by Crippen LogP contribution is 2.13. The molecule has 1 aliphatic heterocycles. The molecule has 1 fully saturated rings. The van der Waals surface area contributed by atoms with Crippen LogP contribution in [0, 0.1) is 0 Å². The van der Waals surface area contributed by atoms with E-state index in [4.69, 9.17) is 0 Å². The van der Waals surface area contributed by atoms with E-state index in [0.717, 1.165) is 17.5 Å². The summed E-state index contributed by atoms with van der Waals surface area (Å²) in [5.74, 6) is -2.67. The molecule has 1 saturated heterocycles. The Morgan fingerprint density at radius 3 is 1.67 bits per heavy atom. The number of benzene rings is 3. The molecule has 3 aromatic rings. The summed E-state index contributed by atoms with van der Waals surface area (Å²) in [7, 11) is 0. The lowest BCUT2D eigenvalue weighted by molar-refractivity contribution is -0.142. The van der Waals surface area contributed by atoms with Crippen molar-refractivity contribution in [1.82, 2.24) is 21.3 Å². The Morgan fingerprint density at radius 2 is 1.17 bits per heavy atom. The van der Waals surface area contributed by atoms with Crippen molar-refractivity contribution in [2.75, 3.05) is 6.54 Å². The average molecular weight is 573 g/mol. The SMILES string of the molecule is O=C(O)C(Cc1ccccc1)NC(=O)C(Cc1ccccc1)NC(=O)C(Cc1ccc(O)cc1)NC(=O)C1CCCN1. The number of amides is 3. The van der Waals surface area contributed by atoms with Crippen LogP contribution in [0.3, 0.4) is 0 Å². The first-order valence-corrected chi connectivity index (χ1v) is 14.0. The van der Waals surface area contributed by atoms with Gasteiger partial charge in [-0.1, -0.05) is 72.8 Å². The third kappa shape index (κ3) is 8.90. The average Bonchev–Trinajstić information content (AvgIpc) is 3.54. The van der Waals surface area contributed by atoms with Gasteiger partial charge in [0.15, 0.2) is 0 Å². The van der Waals surface area contributed by atoms with Crippen LogP contribution in [0.5, 0.6) is 5.75 Å². The van der Waals surface area contributed by atoms with E-state index in [1.165, 1.54) is 12.1 Å². The number of aromatic hydroxyl groups is 1. The molecule has 6 N–H and O–H groups in total. The molecule has 4 rings (SSSR count). The van der Waals surface area contributed by atoms with Crippen molar-refractivity contribution < 1.29 is 29.4 Å². The van der Waals surface area contributed by atoms with Crippen LogP contribution in [0.15, 0.2) is 84.9 Å². The summed E-state index contributed by atoms with van der Waals surface area (Å²) >= 11 is 0. The Morgan fingerprint density at radius 1 is 0.690 bits per heavy atom. The number of carboxylic acid groups (broad SMARTS) is 1. The second-order valence-electron chi connectivity index (χ2n) is 10.4. The van der Waals surface area contributed by atoms with Gasteiger partial charge in [0.2, 0.25) is 17.7 Å². The van der Waals surface area contributed by atoms with Crippen molar-refractivity contribution in [3.05, 3.63) is 102 Å². The maximum Gasteiger partial charge on any atom is 0.326 e. The zero-order valence-electron chi connectivity index (χ0n) is 23.2. The molecular weight excluding hydrogens is 536 g/mol. The first-order chi connectivity index (χ1) is 20.3. The van der Waals surface area contributed by atoms with Gasteiger partial charge in [-0.2, -0.15) is 0 Å². The number of phenolic OH excluding ortho intramolecular Hbond substituents is 1. The Labute approximate surface area is 244 Å². The third-order valence-corrected chi connectivity index (χ3v) is 7.20. The lowest BCUT2D eigenvalue weighted by Crippen LogP contribution is -2.58. The van der Waals surface area contributed by atoms with Gasteiger partial charge in [0.1, 0.15) is 23.9 Å². The minimum Gasteiger partial charge on any atom is -0.508 e. The highest BCUT2D eigenvalue weighted by molar-refractivity contribution is 5.94. The van der Waals surface area contributed by atoms with E-state index in [9.17, 15) is 29.4 Å². The number of phenols is 1. The third-order valence-electron chi connectivity index (χ3n) is 7.20. The van der Waals surface area contributed by atoms with Gasteiger partial charge in [0.05, 0.1) is 6.04 Å². The molecule has 4 atom stereocenters. The monoisotopic (exact) mass is 572 g/mol. The van der Waals surface area contributed by atoms with Crippen molar-refractivity contribution in [2.45, 2.75) is 56.3 Å². The van der Waals surface area contributed by atoms with E-state index in [1.807, 2.05) is 36.4 Å². The summed E-state index contributed by atoms with van der Waals surface area (Å²) in [6.07, 6.45) is 1.80. The van der Waals surface area contributed by atoms with Gasteiger partial charge in [0, 0.05) is 19.3 Å². The zero-order chi connectivity index (χ0) is 29.9. The number of aliphatic carboxylic acids is 1. The molecule has 10 nitrogen and oxygen atoms in total. The number of carbonyl (C=O) groups is 4. The smallest absolute Gasteiger partial charge is 0.326 e. The summed E-state index contributed by atoms with van der Waals surface area (Å²) in [5.41, 5.74) is 2.21. The molecular formula is C32H36N4O6. The van der Waals surface area contributed by atoms with Crippen molar-refractivity contribution in [1.29, 1.82) is 0 Å². The summed E-state index contributed by atoms with van der Waals surface area (Å²) < 4.78 is 0. The quantitative estimate of drug-likeness (QED) is 0.182. The van der Waals surface area contributed by atoms with Crippen molar-refractivity contribution in [3.63, 3.8) is 0 Å². The first kappa shape index (κ1) is 30.3. The predicted molar refractivity (Wildman–Crippen MR) is 157 cm³/mol. The summed E-state index contributed by atoms with van der Waals surface area (Å²) in [4.78, 5) is 52.2. The van der Waals surface area contributed by atoms with Gasteiger partial charge < -0.3 is 31.5 Å². The summed E-state index contributed by atoms with van der Waals surface area (Å²) in [6.45, 7) is 0.708. The number of rotatable bonds is 13. The van der Waals surface area contributed by atoms with E-state index < -0.39 is 42.0 Å². The molecule has 10 heteroatoms. The molecule has 0 aliphatic carbocycles. The van der Waals surface area contributed by atoms with Crippen LogP contribution in [0.4, 0.5) is 0 Å². The normalized spacial score (nSPS) is 16.5. The van der Waals surface area contributed by atoms with E-state index in [2.05, 4.69) is 21.3 Å². The Balaban J connectivity index is 1.54. The van der Waals surface area contributed by atoms with Crippen molar-refractivity contribution >= 4 is 23.7 Å². The second kappa shape index (κ2) is 14.8. The first-order valence-electron chi connectivity index (χ1n) is 14.0. The lowest BCUT2D eigenvalue weighted by atomic mass is 10.0. The molecule has 0 spiro atoms. The minimum absolute atomic E-state index is 0.0713. The predicted octanol–water partition coefficient (Wildman–Crippen LogP) is 1.71. The summed E-state index contributed by atoms with van der Waals surface area (Å²) in [6, 6.07) is 20.6. The fraction of sp³-hybridized carbons (Fsp3) is 0.312. The second-order valence-corrected chi connectivity index (χ2v) is 10.4. The van der Waals surface area contributed by atoms with Crippen LogP contribution in [0.1, 0.15) is 29.5 Å². The fourth-order valence-corrected chi connectivity index (χ4v) is 4.91. The van der Waals surface area contributed by atoms with Gasteiger partial charge in [-0.3, -0.25) is 14.4 Å². The van der Waals surface area contributed by atoms with Crippen LogP contribution >= 0.6 is 0 Å². The maximum atomic E-state index is 13.7. The zero-order valence-corrected chi connectivity index (χ0v) is 23.2. The molecule has 0 bridgehead atoms. The molecule has 3 amide bonds. The Hall–Kier alpha value is -4.70. The van der Waals surface area contributed by atoms with Crippen molar-refractivity contribution in [3.8, 4) is 5.75 Å². The summed E-state index contributed by atoms with van der Waals surface area (Å²) in [5, 5.41) is 30.8. The number of carboxylic acids is 1. The largest absolute Gasteiger partial charge is 0.508 e. The lowest BCUT2D eigenvalue weighted by Gasteiger charge is -2.25. The standard InChI is InChI=1S/C32H36N4O6/c37-24-15-13-23(14-16-24)19-27(34-29(38)25-12-7-17-33-25)30(39)35-26(18-21-8-3-1-4-9-21)31(40)36-28(32(41)42)20-22-10-5-2-6-11-22/h1-6,8-11,13-16,25-28,33,37H,7,12,17-20H2,(H,34,38)(H,35,39)(H,36,40)(H,41,42). The van der Waals surface area contributed by atoms with Crippen LogP contribution in [0.2, 0.25) is 0 Å². The highest BCUT2D eigenvalue weighted by atomic mass is 16.4. The van der Waals surface area contributed by atoms with Gasteiger partial charge >= 0.3 is 5.97 Å². The Kier molecular flexibility index (Phi) is 10.7. The number of nitrogens with one attached hydrogen (secondary N) is 4. The molecule has 42 heavy (non-hydrogen) atoms. The van der Waals surface area contributed by atoms with E-state index in [-0.39, 0.29) is 30.9 Å².